The number of nitrogens with zero attached hydrogens (tertiary/aromatic N) is 5. The zero-order chi connectivity index (χ0) is 19.3. The third-order valence-corrected chi connectivity index (χ3v) is 4.75. The van der Waals surface area contributed by atoms with Gasteiger partial charge in [0.25, 0.3) is 11.2 Å². The highest BCUT2D eigenvalue weighted by molar-refractivity contribution is 5.87. The normalized spacial score (nSPS) is 11.5. The number of aromatic nitrogens is 6. The minimum Gasteiger partial charge on any atom is -0.268 e. The maximum atomic E-state index is 13.0. The number of hydrogen-bond donors (Lipinski definition) is 0. The molecular weight excluding hydrogens is 356 g/mol. The topological polar surface area (TPSA) is 96.3 Å². The molecule has 0 aromatic carbocycles. The number of aryl methyl sites for hydroxylation is 1. The monoisotopic (exact) mass is 371 g/mol. The summed E-state index contributed by atoms with van der Waals surface area (Å²) in [5, 5.41) is 0.644. The quantitative estimate of drug-likeness (QED) is 0.433. The van der Waals surface area contributed by atoms with E-state index in [4.69, 9.17) is 0 Å². The summed E-state index contributed by atoms with van der Waals surface area (Å²) >= 11 is 0. The summed E-state index contributed by atoms with van der Waals surface area (Å²) in [6, 6.07) is 8.96. The third-order valence-electron chi connectivity index (χ3n) is 4.75. The minimum absolute atomic E-state index is 0.235. The number of aromatic amines is 1. The smallest absolute Gasteiger partial charge is 0.268 e. The largest absolute Gasteiger partial charge is 0.320 e. The van der Waals surface area contributed by atoms with E-state index in [9.17, 15) is 9.59 Å². The van der Waals surface area contributed by atoms with Crippen molar-refractivity contribution in [3.8, 4) is 0 Å². The fraction of sp³-hybridized carbons (Fsp3) is 0.100. The van der Waals surface area contributed by atoms with Crippen LogP contribution >= 0.6 is 0 Å². The Morgan fingerprint density at radius 3 is 2.79 bits per heavy atom. The van der Waals surface area contributed by atoms with E-state index in [0.717, 1.165) is 11.1 Å². The predicted octanol–water partition coefficient (Wildman–Crippen LogP) is 1.12. The van der Waals surface area contributed by atoms with Crippen molar-refractivity contribution in [1.82, 2.24) is 23.9 Å². The number of fused-ring (bicyclic) bond motifs is 3. The van der Waals surface area contributed by atoms with Gasteiger partial charge < -0.3 is 0 Å². The first-order chi connectivity index (χ1) is 13.6. The molecule has 0 saturated heterocycles. The zero-order valence-electron chi connectivity index (χ0n) is 15.0. The Kier molecular flexibility index (Phi) is 3.51. The van der Waals surface area contributed by atoms with Gasteiger partial charge in [0.2, 0.25) is 5.65 Å². The fourth-order valence-electron chi connectivity index (χ4n) is 3.32. The molecular formula is C20H15N6O2+. The molecule has 0 saturated carbocycles. The first kappa shape index (κ1) is 16.2. The van der Waals surface area contributed by atoms with Gasteiger partial charge in [0.1, 0.15) is 16.4 Å². The van der Waals surface area contributed by atoms with Crippen LogP contribution in [0, 0.1) is 6.92 Å². The van der Waals surface area contributed by atoms with Crippen molar-refractivity contribution in [3.63, 3.8) is 0 Å². The lowest BCUT2D eigenvalue weighted by Crippen LogP contribution is -2.28. The number of H-pyrrole nitrogens is 1. The summed E-state index contributed by atoms with van der Waals surface area (Å²) in [5.41, 5.74) is 2.54. The van der Waals surface area contributed by atoms with Crippen molar-refractivity contribution in [2.24, 2.45) is 0 Å². The molecule has 0 aliphatic rings. The summed E-state index contributed by atoms with van der Waals surface area (Å²) in [6.45, 7) is 2.25. The molecule has 8 heteroatoms. The zero-order valence-corrected chi connectivity index (χ0v) is 15.0. The molecule has 0 aliphatic heterocycles. The molecule has 5 aromatic rings. The van der Waals surface area contributed by atoms with Crippen molar-refractivity contribution in [2.45, 2.75) is 13.5 Å². The molecule has 0 amide bonds. The van der Waals surface area contributed by atoms with Gasteiger partial charge in [-0.15, -0.1) is 0 Å². The van der Waals surface area contributed by atoms with Gasteiger partial charge in [-0.1, -0.05) is 17.1 Å². The van der Waals surface area contributed by atoms with Crippen LogP contribution in [-0.4, -0.2) is 23.9 Å². The average Bonchev–Trinajstić information content (AvgIpc) is 2.71. The maximum Gasteiger partial charge on any atom is 0.320 e. The van der Waals surface area contributed by atoms with Crippen LogP contribution in [0.2, 0.25) is 0 Å². The van der Waals surface area contributed by atoms with E-state index in [2.05, 4.69) is 19.9 Å². The molecule has 8 nitrogen and oxygen atoms in total. The Morgan fingerprint density at radius 2 is 1.96 bits per heavy atom. The van der Waals surface area contributed by atoms with Crippen LogP contribution in [0.25, 0.3) is 27.7 Å². The first-order valence-corrected chi connectivity index (χ1v) is 8.74. The van der Waals surface area contributed by atoms with Crippen molar-refractivity contribution < 1.29 is 4.98 Å². The summed E-state index contributed by atoms with van der Waals surface area (Å²) in [4.78, 5) is 41.9. The molecule has 0 aliphatic carbocycles. The Hall–Kier alpha value is -3.94. The van der Waals surface area contributed by atoms with Gasteiger partial charge >= 0.3 is 5.56 Å². The molecule has 5 rings (SSSR count). The molecule has 0 unspecified atom stereocenters. The molecule has 0 fully saturated rings. The summed E-state index contributed by atoms with van der Waals surface area (Å²) in [5.74, 6) is 0. The first-order valence-electron chi connectivity index (χ1n) is 8.74. The van der Waals surface area contributed by atoms with Crippen LogP contribution in [0.4, 0.5) is 0 Å². The number of pyridine rings is 3. The van der Waals surface area contributed by atoms with Crippen LogP contribution < -0.4 is 16.1 Å². The molecule has 5 heterocycles. The van der Waals surface area contributed by atoms with Crippen LogP contribution in [0.15, 0.2) is 64.8 Å². The Morgan fingerprint density at radius 1 is 1.07 bits per heavy atom. The number of nitrogens with one attached hydrogen (secondary N) is 1. The summed E-state index contributed by atoms with van der Waals surface area (Å²) in [6.07, 6.45) is 6.64. The molecule has 136 valence electrons. The Bertz CT molecular complexity index is 1490. The molecule has 0 spiro atoms. The highest BCUT2D eigenvalue weighted by Gasteiger charge is 2.17. The van der Waals surface area contributed by atoms with Crippen LogP contribution in [0.1, 0.15) is 11.1 Å². The number of rotatable bonds is 2. The Balaban J connectivity index is 1.78. The standard InChI is InChI=1S/C20H14N6O2/c1-12-4-3-7-26-18(12)24-17-15(20(26)28)8-14-16(23-17)22-11-25(19(14)27)10-13-5-2-6-21-9-13/h2-9,11H,10H2,1H3/p+1. The second-order valence-corrected chi connectivity index (χ2v) is 6.63. The van der Waals surface area contributed by atoms with E-state index in [-0.39, 0.29) is 11.1 Å². The van der Waals surface area contributed by atoms with Gasteiger partial charge in [0.15, 0.2) is 6.33 Å². The molecule has 5 aromatic heterocycles. The van der Waals surface area contributed by atoms with Gasteiger partial charge in [-0.2, -0.15) is 4.98 Å². The van der Waals surface area contributed by atoms with Gasteiger partial charge in [-0.05, 0) is 30.7 Å². The molecule has 28 heavy (non-hydrogen) atoms. The molecule has 0 atom stereocenters. The van der Waals surface area contributed by atoms with E-state index in [1.165, 1.54) is 8.97 Å². The molecule has 0 bridgehead atoms. The molecule has 1 N–H and O–H groups in total. The summed E-state index contributed by atoms with van der Waals surface area (Å²) < 4.78 is 3.01. The maximum absolute atomic E-state index is 13.0. The highest BCUT2D eigenvalue weighted by Crippen LogP contribution is 2.13. The highest BCUT2D eigenvalue weighted by atomic mass is 16.1. The lowest BCUT2D eigenvalue weighted by atomic mass is 10.2. The van der Waals surface area contributed by atoms with Crippen LogP contribution in [-0.2, 0) is 6.54 Å². The van der Waals surface area contributed by atoms with E-state index < -0.39 is 0 Å². The third kappa shape index (κ3) is 2.46. The van der Waals surface area contributed by atoms with Gasteiger partial charge in [-0.3, -0.25) is 19.0 Å². The van der Waals surface area contributed by atoms with Gasteiger partial charge in [-0.25, -0.2) is 9.55 Å². The van der Waals surface area contributed by atoms with Crippen LogP contribution in [0.3, 0.4) is 0 Å². The predicted molar refractivity (Wildman–Crippen MR) is 103 cm³/mol. The van der Waals surface area contributed by atoms with E-state index in [1.54, 1.807) is 37.1 Å². The van der Waals surface area contributed by atoms with Crippen molar-refractivity contribution in [2.75, 3.05) is 0 Å². The molecule has 0 radical (unpaired) electrons. The number of hydrogen-bond acceptors (Lipinski definition) is 5. The van der Waals surface area contributed by atoms with Crippen LogP contribution in [0.5, 0.6) is 0 Å². The lowest BCUT2D eigenvalue weighted by Gasteiger charge is -2.05. The average molecular weight is 371 g/mol. The van der Waals surface area contributed by atoms with Gasteiger partial charge in [0, 0.05) is 24.2 Å². The second-order valence-electron chi connectivity index (χ2n) is 6.63. The van der Waals surface area contributed by atoms with E-state index in [0.29, 0.717) is 34.3 Å². The second kappa shape index (κ2) is 6.05. The minimum atomic E-state index is -0.250. The van der Waals surface area contributed by atoms with E-state index >= 15 is 0 Å². The summed E-state index contributed by atoms with van der Waals surface area (Å²) in [7, 11) is 0. The van der Waals surface area contributed by atoms with Crippen molar-refractivity contribution in [3.05, 3.63) is 87.1 Å². The SMILES string of the molecule is Cc1cccn2c(=O)c3cc4c(=O)n(Cc5cccnc5)c[nH+]c4nc3nc12. The fourth-order valence-corrected chi connectivity index (χ4v) is 3.32. The van der Waals surface area contributed by atoms with E-state index in [1.807, 2.05) is 25.1 Å². The van der Waals surface area contributed by atoms with Crippen molar-refractivity contribution in [1.29, 1.82) is 0 Å². The lowest BCUT2D eigenvalue weighted by molar-refractivity contribution is -0.355. The van der Waals surface area contributed by atoms with Crippen molar-refractivity contribution >= 4 is 27.7 Å². The van der Waals surface area contributed by atoms with Gasteiger partial charge in [0.05, 0.1) is 6.54 Å². The Labute approximate surface area is 157 Å².